The molecule has 0 radical (unpaired) electrons. The minimum Gasteiger partial charge on any atom is -0.497 e. The van der Waals surface area contributed by atoms with Gasteiger partial charge in [0.15, 0.2) is 5.78 Å². The fourth-order valence-electron chi connectivity index (χ4n) is 2.61. The van der Waals surface area contributed by atoms with E-state index in [2.05, 4.69) is 0 Å². The van der Waals surface area contributed by atoms with Crippen molar-refractivity contribution in [2.45, 2.75) is 38.7 Å². The van der Waals surface area contributed by atoms with Gasteiger partial charge in [-0.05, 0) is 37.5 Å². The number of benzene rings is 1. The van der Waals surface area contributed by atoms with Gasteiger partial charge < -0.3 is 14.2 Å². The molecule has 5 nitrogen and oxygen atoms in total. The van der Waals surface area contributed by atoms with Crippen LogP contribution in [0.1, 0.15) is 48.5 Å². The summed E-state index contributed by atoms with van der Waals surface area (Å²) in [6.45, 7) is 1.80. The van der Waals surface area contributed by atoms with Gasteiger partial charge in [-0.3, -0.25) is 4.79 Å². The van der Waals surface area contributed by atoms with Gasteiger partial charge in [0.1, 0.15) is 23.2 Å². The number of ketones is 1. The first-order valence-corrected chi connectivity index (χ1v) is 8.38. The Morgan fingerprint density at radius 1 is 1.08 bits per heavy atom. The maximum Gasteiger partial charge on any atom is 0.342 e. The zero-order chi connectivity index (χ0) is 18.2. The highest BCUT2D eigenvalue weighted by atomic mass is 16.5. The molecule has 1 aliphatic rings. The minimum absolute atomic E-state index is 0.0905. The van der Waals surface area contributed by atoms with E-state index in [1.165, 1.54) is 7.11 Å². The van der Waals surface area contributed by atoms with Crippen LogP contribution >= 0.6 is 0 Å². The summed E-state index contributed by atoms with van der Waals surface area (Å²) in [5.74, 6) is 0.644. The summed E-state index contributed by atoms with van der Waals surface area (Å²) in [5, 5.41) is 0. The van der Waals surface area contributed by atoms with Crippen LogP contribution in [0.5, 0.6) is 11.5 Å². The third-order valence-corrected chi connectivity index (χ3v) is 3.94. The molecule has 0 spiro atoms. The Morgan fingerprint density at radius 3 is 2.60 bits per heavy atom. The van der Waals surface area contributed by atoms with Crippen LogP contribution < -0.4 is 9.47 Å². The second kappa shape index (κ2) is 9.06. The lowest BCUT2D eigenvalue weighted by atomic mass is 10.0. The van der Waals surface area contributed by atoms with Crippen molar-refractivity contribution in [3.63, 3.8) is 0 Å². The number of allylic oxidation sites excluding steroid dienone is 2. The third kappa shape index (κ3) is 5.21. The monoisotopic (exact) mass is 344 g/mol. The van der Waals surface area contributed by atoms with E-state index >= 15 is 0 Å². The lowest BCUT2D eigenvalue weighted by Gasteiger charge is -2.16. The van der Waals surface area contributed by atoms with Gasteiger partial charge >= 0.3 is 5.97 Å². The molecular formula is C20H24O5. The normalized spacial score (nSPS) is 21.5. The van der Waals surface area contributed by atoms with Crippen LogP contribution in [0, 0.1) is 0 Å². The van der Waals surface area contributed by atoms with Crippen LogP contribution in [0.2, 0.25) is 0 Å². The Kier molecular flexibility index (Phi) is 6.81. The molecule has 5 heteroatoms. The van der Waals surface area contributed by atoms with Gasteiger partial charge in [0, 0.05) is 18.9 Å². The van der Waals surface area contributed by atoms with Crippen molar-refractivity contribution >= 4 is 17.8 Å². The molecule has 1 atom stereocenters. The smallest absolute Gasteiger partial charge is 0.342 e. The molecule has 0 fully saturated rings. The number of hydrogen-bond acceptors (Lipinski definition) is 5. The lowest BCUT2D eigenvalue weighted by Crippen LogP contribution is -2.16. The molecule has 0 aliphatic carbocycles. The first-order chi connectivity index (χ1) is 12.0. The molecule has 0 N–H and O–H groups in total. The molecule has 0 saturated heterocycles. The van der Waals surface area contributed by atoms with E-state index < -0.39 is 5.97 Å². The topological polar surface area (TPSA) is 61.8 Å². The molecule has 1 aromatic carbocycles. The number of methoxy groups -OCH3 is 2. The molecule has 134 valence electrons. The molecule has 0 saturated carbocycles. The number of cyclic esters (lactones) is 1. The van der Waals surface area contributed by atoms with Crippen LogP contribution in [0.4, 0.5) is 0 Å². The molecule has 1 heterocycles. The molecule has 25 heavy (non-hydrogen) atoms. The average Bonchev–Trinajstić information content (AvgIpc) is 2.59. The summed E-state index contributed by atoms with van der Waals surface area (Å²) < 4.78 is 16.2. The second-order valence-electron chi connectivity index (χ2n) is 5.91. The van der Waals surface area contributed by atoms with Crippen molar-refractivity contribution in [2.24, 2.45) is 0 Å². The van der Waals surface area contributed by atoms with Gasteiger partial charge in [0.05, 0.1) is 14.2 Å². The highest BCUT2D eigenvalue weighted by Gasteiger charge is 2.21. The predicted octanol–water partition coefficient (Wildman–Crippen LogP) is 3.96. The fourth-order valence-corrected chi connectivity index (χ4v) is 2.61. The Labute approximate surface area is 148 Å². The van der Waals surface area contributed by atoms with Crippen LogP contribution in [-0.4, -0.2) is 32.1 Å². The highest BCUT2D eigenvalue weighted by Crippen LogP contribution is 2.31. The van der Waals surface area contributed by atoms with E-state index in [1.807, 2.05) is 12.2 Å². The number of carbonyl (C=O) groups excluding carboxylic acids is 2. The standard InChI is InChI=1S/C20H24O5/c1-14-8-7-11-16(21)10-6-4-5-9-15-12-17(23-2)13-18(24-3)19(15)20(22)25-14/h5,7,9,11-14H,4,6,8,10H2,1-3H3/b9-5+,11-7-/t14-/m0/s1. The van der Waals surface area contributed by atoms with Crippen molar-refractivity contribution in [1.82, 2.24) is 0 Å². The van der Waals surface area contributed by atoms with Crippen molar-refractivity contribution in [1.29, 1.82) is 0 Å². The van der Waals surface area contributed by atoms with Crippen LogP contribution in [0.3, 0.4) is 0 Å². The maximum atomic E-state index is 12.7. The van der Waals surface area contributed by atoms with Gasteiger partial charge in [0.2, 0.25) is 0 Å². The summed E-state index contributed by atoms with van der Waals surface area (Å²) in [6.07, 6.45) is 9.26. The molecule has 0 unspecified atom stereocenters. The van der Waals surface area contributed by atoms with Crippen molar-refractivity contribution in [3.05, 3.63) is 41.5 Å². The third-order valence-electron chi connectivity index (χ3n) is 3.94. The largest absolute Gasteiger partial charge is 0.497 e. The van der Waals surface area contributed by atoms with Crippen molar-refractivity contribution in [2.75, 3.05) is 14.2 Å². The van der Waals surface area contributed by atoms with Crippen molar-refractivity contribution < 1.29 is 23.8 Å². The van der Waals surface area contributed by atoms with Gasteiger partial charge in [-0.25, -0.2) is 4.79 Å². The predicted molar refractivity (Wildman–Crippen MR) is 96.1 cm³/mol. The van der Waals surface area contributed by atoms with Crippen LogP contribution in [-0.2, 0) is 9.53 Å². The van der Waals surface area contributed by atoms with E-state index in [0.29, 0.717) is 35.5 Å². The fraction of sp³-hybridized carbons (Fsp3) is 0.400. The zero-order valence-corrected chi connectivity index (χ0v) is 14.9. The summed E-state index contributed by atoms with van der Waals surface area (Å²) in [5.41, 5.74) is 1.05. The summed E-state index contributed by atoms with van der Waals surface area (Å²) in [6, 6.07) is 3.44. The minimum atomic E-state index is -0.455. The van der Waals surface area contributed by atoms with E-state index in [-0.39, 0.29) is 11.9 Å². The van der Waals surface area contributed by atoms with E-state index in [4.69, 9.17) is 14.2 Å². The Hall–Kier alpha value is -2.56. The van der Waals surface area contributed by atoms with Crippen molar-refractivity contribution in [3.8, 4) is 11.5 Å². The van der Waals surface area contributed by atoms with Gasteiger partial charge in [-0.2, -0.15) is 0 Å². The maximum absolute atomic E-state index is 12.7. The second-order valence-corrected chi connectivity index (χ2v) is 5.91. The average molecular weight is 344 g/mol. The Morgan fingerprint density at radius 2 is 1.88 bits per heavy atom. The molecule has 0 amide bonds. The van der Waals surface area contributed by atoms with Gasteiger partial charge in [-0.1, -0.05) is 18.2 Å². The highest BCUT2D eigenvalue weighted by molar-refractivity contribution is 5.97. The molecule has 1 aromatic rings. The number of hydrogen-bond donors (Lipinski definition) is 0. The van der Waals surface area contributed by atoms with Gasteiger partial charge in [-0.15, -0.1) is 0 Å². The van der Waals surface area contributed by atoms with E-state index in [1.54, 1.807) is 38.3 Å². The number of ether oxygens (including phenoxy) is 3. The first-order valence-electron chi connectivity index (χ1n) is 8.38. The molecular weight excluding hydrogens is 320 g/mol. The van der Waals surface area contributed by atoms with Gasteiger partial charge in [0.25, 0.3) is 0 Å². The van der Waals surface area contributed by atoms with E-state index in [9.17, 15) is 9.59 Å². The Balaban J connectivity index is 2.43. The quantitative estimate of drug-likeness (QED) is 0.760. The molecule has 0 aromatic heterocycles. The number of carbonyl (C=O) groups is 2. The molecule has 1 aliphatic heterocycles. The van der Waals surface area contributed by atoms with E-state index in [0.717, 1.165) is 12.8 Å². The molecule has 2 rings (SSSR count). The first kappa shape index (κ1) is 18.8. The SMILES string of the molecule is COc1cc2c(c(OC)c1)C(=O)O[C@@H](C)C/C=C\C(=O)CCC/C=C/2. The van der Waals surface area contributed by atoms with Crippen LogP contribution in [0.25, 0.3) is 6.08 Å². The summed E-state index contributed by atoms with van der Waals surface area (Å²) in [7, 11) is 3.07. The summed E-state index contributed by atoms with van der Waals surface area (Å²) >= 11 is 0. The lowest BCUT2D eigenvalue weighted by molar-refractivity contribution is -0.114. The number of esters is 1. The number of rotatable bonds is 2. The zero-order valence-electron chi connectivity index (χ0n) is 14.9. The summed E-state index contributed by atoms with van der Waals surface area (Å²) in [4.78, 5) is 24.4. The number of fused-ring (bicyclic) bond motifs is 1. The Bertz CT molecular complexity index is 688. The van der Waals surface area contributed by atoms with Crippen LogP contribution in [0.15, 0.2) is 30.4 Å². The molecule has 0 bridgehead atoms.